The fraction of sp³-hybridized carbons (Fsp3) is 0.385. The molecule has 0 unspecified atom stereocenters. The van der Waals surface area contributed by atoms with Crippen LogP contribution in [0.1, 0.15) is 11.1 Å². The Morgan fingerprint density at radius 2 is 2.32 bits per heavy atom. The summed E-state index contributed by atoms with van der Waals surface area (Å²) in [5, 5.41) is 7.88. The molecule has 3 aromatic heterocycles. The van der Waals surface area contributed by atoms with Gasteiger partial charge in [-0.05, 0) is 0 Å². The van der Waals surface area contributed by atoms with Crippen molar-refractivity contribution in [2.75, 3.05) is 30.3 Å². The monoisotopic (exact) mass is 317 g/mol. The number of ether oxygens (including phenoxy) is 1. The van der Waals surface area contributed by atoms with Gasteiger partial charge in [-0.2, -0.15) is 15.1 Å². The lowest BCUT2D eigenvalue weighted by molar-refractivity contribution is 0.0391. The molecule has 1 fully saturated rings. The first kappa shape index (κ1) is 13.4. The van der Waals surface area contributed by atoms with E-state index in [1.807, 2.05) is 12.4 Å². The molecule has 0 aliphatic carbocycles. The van der Waals surface area contributed by atoms with Gasteiger partial charge in [-0.3, -0.25) is 4.68 Å². The van der Waals surface area contributed by atoms with E-state index in [2.05, 4.69) is 25.0 Å². The maximum absolute atomic E-state index is 6.03. The van der Waals surface area contributed by atoms with E-state index in [0.717, 1.165) is 22.6 Å². The van der Waals surface area contributed by atoms with Gasteiger partial charge < -0.3 is 15.4 Å². The van der Waals surface area contributed by atoms with Crippen LogP contribution in [0.25, 0.3) is 11.0 Å². The molecular formula is C13H15N7OS. The van der Waals surface area contributed by atoms with E-state index in [4.69, 9.17) is 10.5 Å². The molecule has 0 aromatic carbocycles. The molecule has 4 heterocycles. The molecule has 0 bridgehead atoms. The van der Waals surface area contributed by atoms with E-state index >= 15 is 0 Å². The molecule has 9 heteroatoms. The standard InChI is InChI=1S/C13H15N7OS/c1-19-11-8(6-16-19)10(14)17-13(18-11)20-3-4-21-9(7-20)12-15-2-5-22-12/h2,5-6,9H,3-4,7H2,1H3,(H2,14,17,18)/t9-/m0/s1. The molecule has 22 heavy (non-hydrogen) atoms. The quantitative estimate of drug-likeness (QED) is 0.752. The second-order valence-corrected chi connectivity index (χ2v) is 6.02. The molecule has 1 aliphatic heterocycles. The van der Waals surface area contributed by atoms with Crippen LogP contribution in [0.5, 0.6) is 0 Å². The molecule has 0 saturated carbocycles. The Morgan fingerprint density at radius 3 is 3.14 bits per heavy atom. The first-order chi connectivity index (χ1) is 10.7. The van der Waals surface area contributed by atoms with Crippen LogP contribution in [-0.2, 0) is 11.8 Å². The molecule has 0 amide bonds. The van der Waals surface area contributed by atoms with Gasteiger partial charge in [0, 0.05) is 25.2 Å². The van der Waals surface area contributed by atoms with Gasteiger partial charge in [0.15, 0.2) is 5.65 Å². The van der Waals surface area contributed by atoms with E-state index < -0.39 is 0 Å². The van der Waals surface area contributed by atoms with Crippen molar-refractivity contribution in [1.29, 1.82) is 0 Å². The van der Waals surface area contributed by atoms with Gasteiger partial charge in [-0.15, -0.1) is 11.3 Å². The lowest BCUT2D eigenvalue weighted by Crippen LogP contribution is -2.39. The average Bonchev–Trinajstić information content (AvgIpc) is 3.18. The van der Waals surface area contributed by atoms with Gasteiger partial charge >= 0.3 is 0 Å². The third-order valence-corrected chi connectivity index (χ3v) is 4.55. The number of hydrogen-bond acceptors (Lipinski definition) is 8. The minimum absolute atomic E-state index is 0.0548. The molecule has 2 N–H and O–H groups in total. The summed E-state index contributed by atoms with van der Waals surface area (Å²) in [5.74, 6) is 1.06. The maximum atomic E-state index is 6.03. The Balaban J connectivity index is 1.67. The zero-order chi connectivity index (χ0) is 15.1. The predicted molar refractivity (Wildman–Crippen MR) is 83.7 cm³/mol. The lowest BCUT2D eigenvalue weighted by Gasteiger charge is -2.32. The molecule has 8 nitrogen and oxygen atoms in total. The van der Waals surface area contributed by atoms with Crippen LogP contribution < -0.4 is 10.6 Å². The molecule has 0 radical (unpaired) electrons. The highest BCUT2D eigenvalue weighted by atomic mass is 32.1. The summed E-state index contributed by atoms with van der Waals surface area (Å²) >= 11 is 1.59. The number of thiazole rings is 1. The van der Waals surface area contributed by atoms with Crippen LogP contribution in [-0.4, -0.2) is 44.4 Å². The summed E-state index contributed by atoms with van der Waals surface area (Å²) in [5.41, 5.74) is 6.77. The maximum Gasteiger partial charge on any atom is 0.229 e. The minimum Gasteiger partial charge on any atom is -0.383 e. The van der Waals surface area contributed by atoms with Crippen molar-refractivity contribution in [2.45, 2.75) is 6.10 Å². The van der Waals surface area contributed by atoms with E-state index in [9.17, 15) is 0 Å². The van der Waals surface area contributed by atoms with Gasteiger partial charge in [-0.25, -0.2) is 4.98 Å². The molecule has 1 aliphatic rings. The fourth-order valence-electron chi connectivity index (χ4n) is 2.55. The summed E-state index contributed by atoms with van der Waals surface area (Å²) < 4.78 is 7.51. The zero-order valence-electron chi connectivity index (χ0n) is 12.0. The summed E-state index contributed by atoms with van der Waals surface area (Å²) in [6.45, 7) is 2.00. The third-order valence-electron chi connectivity index (χ3n) is 3.69. The Kier molecular flexibility index (Phi) is 3.16. The van der Waals surface area contributed by atoms with E-state index in [-0.39, 0.29) is 6.10 Å². The number of fused-ring (bicyclic) bond motifs is 1. The number of aromatic nitrogens is 5. The van der Waals surface area contributed by atoms with Crippen LogP contribution in [0.15, 0.2) is 17.8 Å². The highest BCUT2D eigenvalue weighted by Gasteiger charge is 2.26. The first-order valence-corrected chi connectivity index (χ1v) is 7.81. The number of nitrogen functional groups attached to an aromatic ring is 1. The van der Waals surface area contributed by atoms with E-state index in [0.29, 0.717) is 24.9 Å². The van der Waals surface area contributed by atoms with Gasteiger partial charge in [0.25, 0.3) is 0 Å². The summed E-state index contributed by atoms with van der Waals surface area (Å²) in [7, 11) is 1.84. The number of hydrogen-bond donors (Lipinski definition) is 1. The van der Waals surface area contributed by atoms with Crippen molar-refractivity contribution in [3.63, 3.8) is 0 Å². The zero-order valence-corrected chi connectivity index (χ0v) is 12.8. The van der Waals surface area contributed by atoms with Gasteiger partial charge in [-0.1, -0.05) is 0 Å². The van der Waals surface area contributed by atoms with Crippen molar-refractivity contribution in [1.82, 2.24) is 24.7 Å². The van der Waals surface area contributed by atoms with Gasteiger partial charge in [0.1, 0.15) is 16.9 Å². The molecule has 114 valence electrons. The number of aryl methyl sites for hydroxylation is 1. The molecule has 4 rings (SSSR count). The number of nitrogens with zero attached hydrogens (tertiary/aromatic N) is 6. The van der Waals surface area contributed by atoms with E-state index in [1.165, 1.54) is 0 Å². The molecule has 3 aromatic rings. The summed E-state index contributed by atoms with van der Waals surface area (Å²) in [6.07, 6.45) is 3.42. The van der Waals surface area contributed by atoms with Gasteiger partial charge in [0.05, 0.1) is 24.7 Å². The van der Waals surface area contributed by atoms with Crippen molar-refractivity contribution in [3.8, 4) is 0 Å². The summed E-state index contributed by atoms with van der Waals surface area (Å²) in [4.78, 5) is 15.4. The highest BCUT2D eigenvalue weighted by Crippen LogP contribution is 2.27. The van der Waals surface area contributed by atoms with Crippen LogP contribution in [0.2, 0.25) is 0 Å². The highest BCUT2D eigenvalue weighted by molar-refractivity contribution is 7.09. The van der Waals surface area contributed by atoms with Crippen LogP contribution in [0.3, 0.4) is 0 Å². The normalized spacial score (nSPS) is 19.0. The average molecular weight is 317 g/mol. The Morgan fingerprint density at radius 1 is 1.41 bits per heavy atom. The molecule has 0 spiro atoms. The molecular weight excluding hydrogens is 302 g/mol. The van der Waals surface area contributed by atoms with Crippen LogP contribution >= 0.6 is 11.3 Å². The smallest absolute Gasteiger partial charge is 0.229 e. The number of rotatable bonds is 2. The second kappa shape index (κ2) is 5.18. The lowest BCUT2D eigenvalue weighted by atomic mass is 10.3. The van der Waals surface area contributed by atoms with Gasteiger partial charge in [0.2, 0.25) is 5.95 Å². The Labute approximate surface area is 130 Å². The van der Waals surface area contributed by atoms with Crippen molar-refractivity contribution in [3.05, 3.63) is 22.8 Å². The minimum atomic E-state index is -0.0548. The van der Waals surface area contributed by atoms with Crippen LogP contribution in [0.4, 0.5) is 11.8 Å². The predicted octanol–water partition coefficient (Wildman–Crippen LogP) is 0.980. The van der Waals surface area contributed by atoms with Crippen molar-refractivity contribution >= 4 is 34.1 Å². The SMILES string of the molecule is Cn1ncc2c(N)nc(N3CCO[C@H](c4nccs4)C3)nc21. The fourth-order valence-corrected chi connectivity index (χ4v) is 3.22. The number of anilines is 2. The topological polar surface area (TPSA) is 95.0 Å². The number of morpholine rings is 1. The molecule has 1 saturated heterocycles. The largest absolute Gasteiger partial charge is 0.383 e. The Bertz CT molecular complexity index is 800. The first-order valence-electron chi connectivity index (χ1n) is 6.93. The summed E-state index contributed by atoms with van der Waals surface area (Å²) in [6, 6.07) is 0. The number of nitrogens with two attached hydrogens (primary N) is 1. The van der Waals surface area contributed by atoms with Crippen molar-refractivity contribution in [2.24, 2.45) is 7.05 Å². The third kappa shape index (κ3) is 2.18. The van der Waals surface area contributed by atoms with E-state index in [1.54, 1.807) is 28.4 Å². The molecule has 1 atom stereocenters. The second-order valence-electron chi connectivity index (χ2n) is 5.09. The Hall–Kier alpha value is -2.26. The van der Waals surface area contributed by atoms with Crippen molar-refractivity contribution < 1.29 is 4.74 Å². The van der Waals surface area contributed by atoms with Crippen LogP contribution in [0, 0.1) is 0 Å².